The molecule has 2 aromatic heterocycles. The summed E-state index contributed by atoms with van der Waals surface area (Å²) in [5.74, 6) is 0.902. The highest BCUT2D eigenvalue weighted by molar-refractivity contribution is 7.16. The minimum atomic E-state index is -0.0292. The zero-order valence-electron chi connectivity index (χ0n) is 18.8. The van der Waals surface area contributed by atoms with Crippen molar-refractivity contribution in [3.05, 3.63) is 65.2 Å². The number of aromatic nitrogens is 1. The Morgan fingerprint density at radius 3 is 2.66 bits per heavy atom. The van der Waals surface area contributed by atoms with Crippen LogP contribution in [0.2, 0.25) is 0 Å². The molecule has 6 nitrogen and oxygen atoms in total. The summed E-state index contributed by atoms with van der Waals surface area (Å²) < 4.78 is 7.28. The standard InChI is InChI=1S/C25H29N3O3S/c1-4-5-11-28-22(16-20-10-14-32-25(20)28)24(30)26-12-13-27(18(2)17-26)23(29)15-19-6-8-21(31-3)9-7-19/h4-10,14,16,18H,11-13,15,17H2,1-3H3/b5-4-. The Balaban J connectivity index is 1.43. The fraction of sp³-hybridized carbons (Fsp3) is 0.360. The van der Waals surface area contributed by atoms with Gasteiger partial charge in [-0.1, -0.05) is 24.3 Å². The highest BCUT2D eigenvalue weighted by Crippen LogP contribution is 2.27. The van der Waals surface area contributed by atoms with Crippen molar-refractivity contribution < 1.29 is 14.3 Å². The van der Waals surface area contributed by atoms with E-state index in [1.165, 1.54) is 0 Å². The maximum absolute atomic E-state index is 13.4. The monoisotopic (exact) mass is 451 g/mol. The molecule has 0 N–H and O–H groups in total. The predicted octanol–water partition coefficient (Wildman–Crippen LogP) is 4.20. The van der Waals surface area contributed by atoms with E-state index in [1.54, 1.807) is 18.4 Å². The third kappa shape index (κ3) is 4.43. The van der Waals surface area contributed by atoms with E-state index in [1.807, 2.05) is 60.1 Å². The molecule has 0 radical (unpaired) electrons. The van der Waals surface area contributed by atoms with Crippen LogP contribution in [0.3, 0.4) is 0 Å². The van der Waals surface area contributed by atoms with Crippen LogP contribution in [0.15, 0.2) is 53.9 Å². The van der Waals surface area contributed by atoms with E-state index in [0.29, 0.717) is 32.6 Å². The van der Waals surface area contributed by atoms with Crippen LogP contribution in [0.25, 0.3) is 10.2 Å². The van der Waals surface area contributed by atoms with Crippen LogP contribution in [-0.2, 0) is 17.8 Å². The van der Waals surface area contributed by atoms with E-state index < -0.39 is 0 Å². The Kier molecular flexibility index (Phi) is 6.65. The molecule has 4 rings (SSSR count). The van der Waals surface area contributed by atoms with Gasteiger partial charge in [-0.05, 0) is 49.1 Å². The number of fused-ring (bicyclic) bond motifs is 1. The molecule has 1 atom stereocenters. The van der Waals surface area contributed by atoms with Crippen molar-refractivity contribution in [2.45, 2.75) is 32.9 Å². The molecule has 1 unspecified atom stereocenters. The molecule has 0 aliphatic carbocycles. The molecule has 2 amide bonds. The third-order valence-electron chi connectivity index (χ3n) is 5.99. The molecule has 7 heteroatoms. The molecule has 1 aromatic carbocycles. The summed E-state index contributed by atoms with van der Waals surface area (Å²) in [5.41, 5.74) is 1.68. The Bertz CT molecular complexity index is 1130. The zero-order valence-corrected chi connectivity index (χ0v) is 19.6. The summed E-state index contributed by atoms with van der Waals surface area (Å²) in [4.78, 5) is 31.2. The number of methoxy groups -OCH3 is 1. The first-order valence-corrected chi connectivity index (χ1v) is 11.8. The van der Waals surface area contributed by atoms with E-state index in [9.17, 15) is 9.59 Å². The van der Waals surface area contributed by atoms with E-state index in [0.717, 1.165) is 27.2 Å². The van der Waals surface area contributed by atoms with Crippen LogP contribution in [0, 0.1) is 0 Å². The Hall–Kier alpha value is -3.06. The summed E-state index contributed by atoms with van der Waals surface area (Å²) in [6.07, 6.45) is 4.42. The van der Waals surface area contributed by atoms with Crippen LogP contribution >= 0.6 is 11.3 Å². The van der Waals surface area contributed by atoms with Crippen LogP contribution in [-0.4, -0.2) is 59.0 Å². The first kappa shape index (κ1) is 22.1. The van der Waals surface area contributed by atoms with Gasteiger partial charge in [0.05, 0.1) is 13.5 Å². The minimum absolute atomic E-state index is 0.0292. The number of amides is 2. The first-order valence-electron chi connectivity index (χ1n) is 10.9. The molecular weight excluding hydrogens is 422 g/mol. The number of carbonyl (C=O) groups is 2. The zero-order chi connectivity index (χ0) is 22.7. The molecule has 168 valence electrons. The van der Waals surface area contributed by atoms with E-state index in [-0.39, 0.29) is 17.9 Å². The van der Waals surface area contributed by atoms with Gasteiger partial charge in [0.2, 0.25) is 5.91 Å². The number of carbonyl (C=O) groups excluding carboxylic acids is 2. The highest BCUT2D eigenvalue weighted by atomic mass is 32.1. The molecule has 0 spiro atoms. The SMILES string of the molecule is C/C=C\Cn1c(C(=O)N2CCN(C(=O)Cc3ccc(OC)cc3)C(C)C2)cc2ccsc21. The van der Waals surface area contributed by atoms with Crippen molar-refractivity contribution >= 4 is 33.4 Å². The summed E-state index contributed by atoms with van der Waals surface area (Å²) in [6.45, 7) is 6.31. The second-order valence-electron chi connectivity index (χ2n) is 8.10. The molecule has 0 saturated carbocycles. The topological polar surface area (TPSA) is 54.8 Å². The number of hydrogen-bond donors (Lipinski definition) is 0. The van der Waals surface area contributed by atoms with Crippen molar-refractivity contribution in [3.8, 4) is 5.75 Å². The molecule has 1 aliphatic rings. The lowest BCUT2D eigenvalue weighted by Gasteiger charge is -2.40. The van der Waals surface area contributed by atoms with Crippen molar-refractivity contribution in [1.82, 2.24) is 14.4 Å². The van der Waals surface area contributed by atoms with Crippen molar-refractivity contribution in [3.63, 3.8) is 0 Å². The highest BCUT2D eigenvalue weighted by Gasteiger charge is 2.31. The molecular formula is C25H29N3O3S. The normalized spacial score (nSPS) is 16.8. The van der Waals surface area contributed by atoms with Gasteiger partial charge in [-0.15, -0.1) is 11.3 Å². The van der Waals surface area contributed by atoms with Gasteiger partial charge >= 0.3 is 0 Å². The summed E-state index contributed by atoms with van der Waals surface area (Å²) in [7, 11) is 1.63. The number of nitrogens with zero attached hydrogens (tertiary/aromatic N) is 3. The second-order valence-corrected chi connectivity index (χ2v) is 9.00. The molecule has 1 aliphatic heterocycles. The van der Waals surface area contributed by atoms with Crippen molar-refractivity contribution in [1.29, 1.82) is 0 Å². The van der Waals surface area contributed by atoms with Crippen LogP contribution in [0.5, 0.6) is 5.75 Å². The van der Waals surface area contributed by atoms with Gasteiger partial charge in [0.1, 0.15) is 16.3 Å². The fourth-order valence-corrected chi connectivity index (χ4v) is 5.15. The van der Waals surface area contributed by atoms with Crippen molar-refractivity contribution in [2.75, 3.05) is 26.7 Å². The largest absolute Gasteiger partial charge is 0.497 e. The molecule has 1 saturated heterocycles. The average Bonchev–Trinajstić information content (AvgIpc) is 3.39. The van der Waals surface area contributed by atoms with E-state index in [4.69, 9.17) is 4.74 Å². The molecule has 32 heavy (non-hydrogen) atoms. The quantitative estimate of drug-likeness (QED) is 0.528. The molecule has 1 fully saturated rings. The number of piperazine rings is 1. The lowest BCUT2D eigenvalue weighted by Crippen LogP contribution is -2.56. The number of allylic oxidation sites excluding steroid dienone is 2. The van der Waals surface area contributed by atoms with Gasteiger partial charge in [0, 0.05) is 37.6 Å². The van der Waals surface area contributed by atoms with E-state index in [2.05, 4.69) is 22.1 Å². The predicted molar refractivity (Wildman–Crippen MR) is 128 cm³/mol. The van der Waals surface area contributed by atoms with Gasteiger partial charge in [-0.2, -0.15) is 0 Å². The summed E-state index contributed by atoms with van der Waals surface area (Å²) in [5, 5.41) is 3.16. The molecule has 3 aromatic rings. The Morgan fingerprint density at radius 2 is 1.97 bits per heavy atom. The van der Waals surface area contributed by atoms with Crippen LogP contribution in [0.1, 0.15) is 29.9 Å². The fourth-order valence-electron chi connectivity index (χ4n) is 4.24. The summed E-state index contributed by atoms with van der Waals surface area (Å²) >= 11 is 1.65. The van der Waals surface area contributed by atoms with Crippen molar-refractivity contribution in [2.24, 2.45) is 0 Å². The van der Waals surface area contributed by atoms with Crippen LogP contribution < -0.4 is 4.74 Å². The maximum atomic E-state index is 13.4. The van der Waals surface area contributed by atoms with Gasteiger partial charge in [0.25, 0.3) is 5.91 Å². The Labute approximate surface area is 192 Å². The maximum Gasteiger partial charge on any atom is 0.270 e. The minimum Gasteiger partial charge on any atom is -0.497 e. The second kappa shape index (κ2) is 9.61. The summed E-state index contributed by atoms with van der Waals surface area (Å²) in [6, 6.07) is 11.6. The number of rotatable bonds is 6. The number of benzene rings is 1. The van der Waals surface area contributed by atoms with Gasteiger partial charge in [0.15, 0.2) is 0 Å². The average molecular weight is 452 g/mol. The first-order chi connectivity index (χ1) is 15.5. The lowest BCUT2D eigenvalue weighted by atomic mass is 10.1. The number of thiophene rings is 1. The van der Waals surface area contributed by atoms with E-state index >= 15 is 0 Å². The lowest BCUT2D eigenvalue weighted by molar-refractivity contribution is -0.134. The smallest absolute Gasteiger partial charge is 0.270 e. The van der Waals surface area contributed by atoms with Gasteiger partial charge in [-0.25, -0.2) is 0 Å². The number of hydrogen-bond acceptors (Lipinski definition) is 4. The Morgan fingerprint density at radius 1 is 1.19 bits per heavy atom. The number of ether oxygens (including phenoxy) is 1. The molecule has 0 bridgehead atoms. The molecule has 3 heterocycles. The van der Waals surface area contributed by atoms with Crippen LogP contribution in [0.4, 0.5) is 0 Å². The van der Waals surface area contributed by atoms with Gasteiger partial charge < -0.3 is 19.1 Å². The third-order valence-corrected chi connectivity index (χ3v) is 6.95. The van der Waals surface area contributed by atoms with Gasteiger partial charge in [-0.3, -0.25) is 9.59 Å².